The Balaban J connectivity index is 1.49. The first kappa shape index (κ1) is 26.7. The van der Waals surface area contributed by atoms with Crippen LogP contribution in [-0.2, 0) is 27.3 Å². The number of H-pyrrole nitrogens is 1. The molecule has 1 fully saturated rings. The summed E-state index contributed by atoms with van der Waals surface area (Å²) >= 11 is 0. The molecule has 4 rings (SSSR count). The van der Waals surface area contributed by atoms with Gasteiger partial charge in [-0.3, -0.25) is 9.59 Å². The lowest BCUT2D eigenvalue weighted by molar-refractivity contribution is -0.145. The first-order valence-electron chi connectivity index (χ1n) is 13.4. The van der Waals surface area contributed by atoms with E-state index in [1.54, 1.807) is 12.0 Å². The molecule has 37 heavy (non-hydrogen) atoms. The molecule has 2 amide bonds. The fraction of sp³-hybridized carbons (Fsp3) is 0.467. The minimum absolute atomic E-state index is 0.0289. The monoisotopic (exact) mass is 505 g/mol. The summed E-state index contributed by atoms with van der Waals surface area (Å²) in [6.07, 6.45) is 6.41. The Morgan fingerprint density at radius 3 is 2.51 bits per heavy atom. The second kappa shape index (κ2) is 13.3. The number of carbonyl (C=O) groups excluding carboxylic acids is 2. The highest BCUT2D eigenvalue weighted by atomic mass is 16.5. The second-order valence-electron chi connectivity index (χ2n) is 9.74. The molecule has 0 spiro atoms. The van der Waals surface area contributed by atoms with Gasteiger partial charge in [-0.05, 0) is 61.9 Å². The number of hydrogen-bond donors (Lipinski definition) is 1. The highest BCUT2D eigenvalue weighted by Gasteiger charge is 2.31. The summed E-state index contributed by atoms with van der Waals surface area (Å²) in [4.78, 5) is 33.8. The van der Waals surface area contributed by atoms with Gasteiger partial charge in [0, 0.05) is 56.4 Å². The van der Waals surface area contributed by atoms with E-state index in [0.717, 1.165) is 48.9 Å². The van der Waals surface area contributed by atoms with Gasteiger partial charge < -0.3 is 24.3 Å². The third kappa shape index (κ3) is 7.13. The molecule has 0 saturated heterocycles. The zero-order chi connectivity index (χ0) is 26.0. The molecule has 3 aromatic rings. The highest BCUT2D eigenvalue weighted by molar-refractivity contribution is 5.86. The van der Waals surface area contributed by atoms with Crippen LogP contribution >= 0.6 is 0 Å². The molecule has 1 N–H and O–H groups in total. The fourth-order valence-electron chi connectivity index (χ4n) is 4.81. The Bertz CT molecular complexity index is 1150. The van der Waals surface area contributed by atoms with Gasteiger partial charge in [-0.2, -0.15) is 0 Å². The van der Waals surface area contributed by atoms with Crippen LogP contribution in [0.2, 0.25) is 0 Å². The lowest BCUT2D eigenvalue weighted by atomic mass is 9.84. The molecule has 1 heterocycles. The Morgan fingerprint density at radius 2 is 1.81 bits per heavy atom. The topological polar surface area (TPSA) is 74.9 Å². The lowest BCUT2D eigenvalue weighted by Gasteiger charge is -2.33. The number of methoxy groups -OCH3 is 1. The predicted molar refractivity (Wildman–Crippen MR) is 145 cm³/mol. The molecule has 1 aliphatic rings. The van der Waals surface area contributed by atoms with Crippen molar-refractivity contribution in [3.05, 3.63) is 65.9 Å². The zero-order valence-electron chi connectivity index (χ0n) is 22.1. The minimum atomic E-state index is -0.0289. The normalized spacial score (nSPS) is 13.4. The number of aromatic nitrogens is 1. The third-order valence-corrected chi connectivity index (χ3v) is 7.16. The van der Waals surface area contributed by atoms with Crippen molar-refractivity contribution in [2.75, 3.05) is 40.0 Å². The van der Waals surface area contributed by atoms with Gasteiger partial charge in [-0.1, -0.05) is 36.8 Å². The number of carbonyl (C=O) groups is 2. The molecule has 7 nitrogen and oxygen atoms in total. The van der Waals surface area contributed by atoms with Crippen LogP contribution in [0.25, 0.3) is 10.9 Å². The van der Waals surface area contributed by atoms with Gasteiger partial charge in [-0.15, -0.1) is 0 Å². The summed E-state index contributed by atoms with van der Waals surface area (Å²) in [5.74, 6) is 0.951. The van der Waals surface area contributed by atoms with Gasteiger partial charge in [0.2, 0.25) is 11.8 Å². The van der Waals surface area contributed by atoms with E-state index in [1.165, 1.54) is 10.9 Å². The van der Waals surface area contributed by atoms with E-state index in [0.29, 0.717) is 32.8 Å². The summed E-state index contributed by atoms with van der Waals surface area (Å²) in [6, 6.07) is 16.1. The average Bonchev–Trinajstić information content (AvgIpc) is 3.29. The van der Waals surface area contributed by atoms with E-state index in [-0.39, 0.29) is 24.3 Å². The van der Waals surface area contributed by atoms with Gasteiger partial charge in [0.15, 0.2) is 0 Å². The van der Waals surface area contributed by atoms with Gasteiger partial charge in [-0.25, -0.2) is 0 Å². The summed E-state index contributed by atoms with van der Waals surface area (Å²) in [5, 5.41) is 1.18. The van der Waals surface area contributed by atoms with Crippen LogP contribution in [0.4, 0.5) is 0 Å². The van der Waals surface area contributed by atoms with Crippen LogP contribution in [0, 0.1) is 5.92 Å². The molecule has 0 unspecified atom stereocenters. The molecule has 198 valence electrons. The number of nitrogens with zero attached hydrogens (tertiary/aromatic N) is 2. The summed E-state index contributed by atoms with van der Waals surface area (Å²) in [5.41, 5.74) is 3.31. The van der Waals surface area contributed by atoms with Gasteiger partial charge >= 0.3 is 0 Å². The van der Waals surface area contributed by atoms with Gasteiger partial charge in [0.05, 0.1) is 13.2 Å². The highest BCUT2D eigenvalue weighted by Crippen LogP contribution is 2.28. The van der Waals surface area contributed by atoms with E-state index >= 15 is 0 Å². The van der Waals surface area contributed by atoms with Crippen LogP contribution in [-0.4, -0.2) is 66.6 Å². The summed E-state index contributed by atoms with van der Waals surface area (Å²) in [7, 11) is 1.66. The van der Waals surface area contributed by atoms with Crippen molar-refractivity contribution in [1.82, 2.24) is 14.8 Å². The smallest absolute Gasteiger partial charge is 0.242 e. The average molecular weight is 506 g/mol. The SMILES string of the molecule is CCOc1ccc(CN(CCc2c[nH]c3ccccc23)C(=O)CN(CCCOC)C(=O)C2CCC2)cc1. The number of ether oxygens (including phenoxy) is 2. The number of aromatic amines is 1. The van der Waals surface area contributed by atoms with Crippen molar-refractivity contribution in [2.24, 2.45) is 5.92 Å². The number of nitrogens with one attached hydrogen (secondary N) is 1. The van der Waals surface area contributed by atoms with E-state index in [2.05, 4.69) is 17.1 Å². The minimum Gasteiger partial charge on any atom is -0.494 e. The number of rotatable bonds is 14. The second-order valence-corrected chi connectivity index (χ2v) is 9.74. The molecule has 1 saturated carbocycles. The molecule has 7 heteroatoms. The molecule has 1 aliphatic carbocycles. The van der Waals surface area contributed by atoms with Crippen molar-refractivity contribution in [3.63, 3.8) is 0 Å². The Morgan fingerprint density at radius 1 is 1.03 bits per heavy atom. The summed E-state index contributed by atoms with van der Waals surface area (Å²) < 4.78 is 10.8. The molecule has 0 bridgehead atoms. The van der Waals surface area contributed by atoms with Crippen molar-refractivity contribution in [1.29, 1.82) is 0 Å². The number of benzene rings is 2. The van der Waals surface area contributed by atoms with Gasteiger partial charge in [0.25, 0.3) is 0 Å². The number of para-hydroxylation sites is 1. The van der Waals surface area contributed by atoms with Crippen LogP contribution in [0.15, 0.2) is 54.7 Å². The molecule has 1 aromatic heterocycles. The van der Waals surface area contributed by atoms with Gasteiger partial charge in [0.1, 0.15) is 5.75 Å². The van der Waals surface area contributed by atoms with Crippen LogP contribution in [0.1, 0.15) is 43.7 Å². The first-order valence-corrected chi connectivity index (χ1v) is 13.4. The number of fused-ring (bicyclic) bond motifs is 1. The molecular weight excluding hydrogens is 466 g/mol. The Labute approximate surface area is 219 Å². The molecule has 0 radical (unpaired) electrons. The molecule has 0 aliphatic heterocycles. The first-order chi connectivity index (χ1) is 18.1. The Hall–Kier alpha value is -3.32. The van der Waals surface area contributed by atoms with Crippen molar-refractivity contribution in [3.8, 4) is 5.75 Å². The van der Waals surface area contributed by atoms with Crippen LogP contribution < -0.4 is 4.74 Å². The van der Waals surface area contributed by atoms with Crippen molar-refractivity contribution >= 4 is 22.7 Å². The van der Waals surface area contributed by atoms with E-state index < -0.39 is 0 Å². The van der Waals surface area contributed by atoms with Crippen molar-refractivity contribution in [2.45, 2.75) is 45.6 Å². The molecular formula is C30H39N3O4. The number of hydrogen-bond acceptors (Lipinski definition) is 4. The standard InChI is InChI=1S/C30H39N3O4/c1-3-37-26-14-12-23(13-15-26)21-32(18-16-25-20-31-28-11-5-4-10-27(25)28)29(34)22-33(17-7-19-36-2)30(35)24-8-6-9-24/h4-5,10-15,20,24,31H,3,6-9,16-19,21-22H2,1-2H3. The van der Waals surface area contributed by atoms with E-state index in [1.807, 2.05) is 54.4 Å². The Kier molecular flexibility index (Phi) is 9.60. The molecule has 2 aromatic carbocycles. The van der Waals surface area contributed by atoms with E-state index in [4.69, 9.17) is 9.47 Å². The zero-order valence-corrected chi connectivity index (χ0v) is 22.1. The lowest BCUT2D eigenvalue weighted by Crippen LogP contribution is -2.46. The van der Waals surface area contributed by atoms with Crippen LogP contribution in [0.5, 0.6) is 5.75 Å². The maximum atomic E-state index is 13.7. The van der Waals surface area contributed by atoms with Crippen LogP contribution in [0.3, 0.4) is 0 Å². The van der Waals surface area contributed by atoms with Crippen molar-refractivity contribution < 1.29 is 19.1 Å². The largest absolute Gasteiger partial charge is 0.494 e. The maximum Gasteiger partial charge on any atom is 0.242 e. The summed E-state index contributed by atoms with van der Waals surface area (Å²) in [6.45, 7) is 4.83. The van der Waals surface area contributed by atoms with E-state index in [9.17, 15) is 9.59 Å². The fourth-order valence-corrected chi connectivity index (χ4v) is 4.81. The third-order valence-electron chi connectivity index (χ3n) is 7.16. The number of amides is 2. The maximum absolute atomic E-state index is 13.7. The predicted octanol–water partition coefficient (Wildman–Crippen LogP) is 4.80. The quantitative estimate of drug-likeness (QED) is 0.319. The molecule has 0 atom stereocenters.